The van der Waals surface area contributed by atoms with Gasteiger partial charge in [0.25, 0.3) is 0 Å². The maximum Gasteiger partial charge on any atom is 0.188 e. The van der Waals surface area contributed by atoms with Crippen molar-refractivity contribution < 1.29 is 30.3 Å². The molecule has 0 unspecified atom stereocenters. The first kappa shape index (κ1) is 9.85. The van der Waals surface area contributed by atoms with Crippen LogP contribution in [0.1, 0.15) is 0 Å². The zero-order chi connectivity index (χ0) is 9.35. The van der Waals surface area contributed by atoms with Crippen LogP contribution in [0.25, 0.3) is 0 Å². The maximum absolute atomic E-state index is 9.35. The van der Waals surface area contributed by atoms with Gasteiger partial charge in [-0.3, -0.25) is 0 Å². The van der Waals surface area contributed by atoms with Gasteiger partial charge in [-0.2, -0.15) is 0 Å². The molecule has 1 aliphatic rings. The van der Waals surface area contributed by atoms with Gasteiger partial charge in [-0.1, -0.05) is 0 Å². The molecule has 0 aliphatic carbocycles. The molecule has 0 bridgehead atoms. The molecule has 5 N–H and O–H groups in total. The van der Waals surface area contributed by atoms with Crippen molar-refractivity contribution in [1.29, 1.82) is 0 Å². The fraction of sp³-hybridized carbons (Fsp3) is 1.00. The lowest BCUT2D eigenvalue weighted by molar-refractivity contribution is -0.310. The number of rotatable bonds is 1. The number of aliphatic hydroxyl groups is 5. The van der Waals surface area contributed by atoms with E-state index in [1.165, 1.54) is 0 Å². The molecular weight excluding hydrogens is 168 g/mol. The van der Waals surface area contributed by atoms with Crippen molar-refractivity contribution in [2.75, 3.05) is 13.2 Å². The van der Waals surface area contributed by atoms with Crippen LogP contribution in [-0.4, -0.2) is 62.8 Å². The van der Waals surface area contributed by atoms with Crippen molar-refractivity contribution in [2.45, 2.75) is 24.1 Å². The van der Waals surface area contributed by atoms with Crippen molar-refractivity contribution in [3.63, 3.8) is 0 Å². The van der Waals surface area contributed by atoms with Crippen molar-refractivity contribution in [1.82, 2.24) is 0 Å². The van der Waals surface area contributed by atoms with Gasteiger partial charge in [-0.25, -0.2) is 0 Å². The van der Waals surface area contributed by atoms with E-state index in [4.69, 9.17) is 20.4 Å². The Kier molecular flexibility index (Phi) is 2.67. The summed E-state index contributed by atoms with van der Waals surface area (Å²) < 4.78 is 4.50. The Morgan fingerprint density at radius 2 is 1.92 bits per heavy atom. The predicted octanol–water partition coefficient (Wildman–Crippen LogP) is -3.22. The third kappa shape index (κ3) is 1.33. The zero-order valence-electron chi connectivity index (χ0n) is 6.29. The molecule has 4 atom stereocenters. The smallest absolute Gasteiger partial charge is 0.188 e. The van der Waals surface area contributed by atoms with E-state index in [-0.39, 0.29) is 6.61 Å². The summed E-state index contributed by atoms with van der Waals surface area (Å²) in [4.78, 5) is 0. The summed E-state index contributed by atoms with van der Waals surface area (Å²) in [7, 11) is 0. The fourth-order valence-electron chi connectivity index (χ4n) is 1.08. The molecule has 0 aromatic carbocycles. The van der Waals surface area contributed by atoms with Crippen LogP contribution in [0, 0.1) is 0 Å². The summed E-state index contributed by atoms with van der Waals surface area (Å²) in [5, 5.41) is 45.2. The molecule has 0 aromatic rings. The van der Waals surface area contributed by atoms with Crippen LogP contribution in [-0.2, 0) is 4.74 Å². The second kappa shape index (κ2) is 3.25. The van der Waals surface area contributed by atoms with Gasteiger partial charge in [0.05, 0.1) is 13.2 Å². The predicted molar refractivity (Wildman–Crippen MR) is 36.0 cm³/mol. The largest absolute Gasteiger partial charge is 0.393 e. The summed E-state index contributed by atoms with van der Waals surface area (Å²) >= 11 is 0. The molecule has 1 rings (SSSR count). The third-order valence-electron chi connectivity index (χ3n) is 1.98. The quantitative estimate of drug-likeness (QED) is 0.290. The molecule has 1 heterocycles. The molecule has 72 valence electrons. The maximum atomic E-state index is 9.35. The lowest BCUT2D eigenvalue weighted by Crippen LogP contribution is -2.64. The first-order chi connectivity index (χ1) is 5.52. The number of hydrogen-bond donors (Lipinski definition) is 5. The van der Waals surface area contributed by atoms with E-state index in [9.17, 15) is 5.11 Å². The average Bonchev–Trinajstić information content (AvgIpc) is 2.08. The summed E-state index contributed by atoms with van der Waals surface area (Å²) in [6.45, 7) is -1.16. The molecule has 0 amide bonds. The average molecular weight is 180 g/mol. The van der Waals surface area contributed by atoms with Gasteiger partial charge >= 0.3 is 0 Å². The SMILES string of the molecule is OC[C@]1(O)[C@H](O)OC[C@@H](O)[C@H]1O. The summed E-state index contributed by atoms with van der Waals surface area (Å²) in [5.41, 5.74) is -2.20. The van der Waals surface area contributed by atoms with Crippen LogP contribution in [0.3, 0.4) is 0 Å². The summed E-state index contributed by atoms with van der Waals surface area (Å²) in [6, 6.07) is 0. The second-order valence-electron chi connectivity index (χ2n) is 2.85. The van der Waals surface area contributed by atoms with E-state index in [0.29, 0.717) is 0 Å². The number of hydrogen-bond acceptors (Lipinski definition) is 6. The van der Waals surface area contributed by atoms with Gasteiger partial charge < -0.3 is 30.3 Å². The topological polar surface area (TPSA) is 110 Å². The highest BCUT2D eigenvalue weighted by molar-refractivity contribution is 4.95. The van der Waals surface area contributed by atoms with E-state index in [1.807, 2.05) is 0 Å². The van der Waals surface area contributed by atoms with Crippen molar-refractivity contribution in [3.05, 3.63) is 0 Å². The van der Waals surface area contributed by atoms with Gasteiger partial charge in [-0.05, 0) is 0 Å². The fourth-order valence-corrected chi connectivity index (χ4v) is 1.08. The molecule has 6 nitrogen and oxygen atoms in total. The summed E-state index contributed by atoms with van der Waals surface area (Å²) in [5.74, 6) is 0. The van der Waals surface area contributed by atoms with Gasteiger partial charge in [-0.15, -0.1) is 0 Å². The Morgan fingerprint density at radius 3 is 2.33 bits per heavy atom. The van der Waals surface area contributed by atoms with Crippen LogP contribution in [0.4, 0.5) is 0 Å². The van der Waals surface area contributed by atoms with Crippen LogP contribution in [0.15, 0.2) is 0 Å². The van der Waals surface area contributed by atoms with Gasteiger partial charge in [0, 0.05) is 0 Å². The van der Waals surface area contributed by atoms with Crippen LogP contribution in [0.2, 0.25) is 0 Å². The van der Waals surface area contributed by atoms with Crippen molar-refractivity contribution in [3.8, 4) is 0 Å². The number of aliphatic hydroxyl groups excluding tert-OH is 4. The Hall–Kier alpha value is -0.240. The highest BCUT2D eigenvalue weighted by Crippen LogP contribution is 2.24. The second-order valence-corrected chi connectivity index (χ2v) is 2.85. The Bertz CT molecular complexity index is 162. The van der Waals surface area contributed by atoms with Gasteiger partial charge in [0.1, 0.15) is 12.2 Å². The molecule has 0 aromatic heterocycles. The molecular formula is C6H12O6. The minimum Gasteiger partial charge on any atom is -0.393 e. The summed E-state index contributed by atoms with van der Waals surface area (Å²) in [6.07, 6.45) is -4.59. The first-order valence-electron chi connectivity index (χ1n) is 3.51. The molecule has 0 saturated carbocycles. The Labute approximate surface area is 68.6 Å². The lowest BCUT2D eigenvalue weighted by Gasteiger charge is -2.41. The molecule has 1 fully saturated rings. The van der Waals surface area contributed by atoms with E-state index < -0.39 is 30.7 Å². The molecule has 6 heteroatoms. The highest BCUT2D eigenvalue weighted by atomic mass is 16.6. The first-order valence-corrected chi connectivity index (χ1v) is 3.51. The molecule has 1 aliphatic heterocycles. The Morgan fingerprint density at radius 1 is 1.33 bits per heavy atom. The van der Waals surface area contributed by atoms with Gasteiger partial charge in [0.2, 0.25) is 0 Å². The molecule has 1 saturated heterocycles. The standard InChI is InChI=1S/C6H12O6/c7-2-6(11)4(9)3(8)1-12-5(6)10/h3-5,7-11H,1-2H2/t3-,4-,5-,6-/m1/s1. The van der Waals surface area contributed by atoms with Crippen LogP contribution in [0.5, 0.6) is 0 Å². The van der Waals surface area contributed by atoms with Crippen LogP contribution < -0.4 is 0 Å². The number of ether oxygens (including phenoxy) is 1. The molecule has 0 radical (unpaired) electrons. The molecule has 0 spiro atoms. The van der Waals surface area contributed by atoms with E-state index in [2.05, 4.69) is 4.74 Å². The van der Waals surface area contributed by atoms with Gasteiger partial charge in [0.15, 0.2) is 11.9 Å². The highest BCUT2D eigenvalue weighted by Gasteiger charge is 2.50. The van der Waals surface area contributed by atoms with E-state index >= 15 is 0 Å². The lowest BCUT2D eigenvalue weighted by atomic mass is 9.91. The zero-order valence-corrected chi connectivity index (χ0v) is 6.29. The monoisotopic (exact) mass is 180 g/mol. The van der Waals surface area contributed by atoms with E-state index in [1.54, 1.807) is 0 Å². The normalized spacial score (nSPS) is 49.2. The molecule has 12 heavy (non-hydrogen) atoms. The Balaban J connectivity index is 2.78. The van der Waals surface area contributed by atoms with E-state index in [0.717, 1.165) is 0 Å². The van der Waals surface area contributed by atoms with Crippen LogP contribution >= 0.6 is 0 Å². The van der Waals surface area contributed by atoms with Crippen molar-refractivity contribution >= 4 is 0 Å². The minimum atomic E-state index is -2.20. The third-order valence-corrected chi connectivity index (χ3v) is 1.98. The minimum absolute atomic E-state index is 0.273. The van der Waals surface area contributed by atoms with Crippen molar-refractivity contribution in [2.24, 2.45) is 0 Å².